The molecule has 0 radical (unpaired) electrons. The molecular formula is C23H27ClN4O. The first-order chi connectivity index (χ1) is 14.0. The number of aromatic amines is 1. The van der Waals surface area contributed by atoms with Crippen molar-refractivity contribution < 1.29 is 4.79 Å². The maximum Gasteiger partial charge on any atom is 0.271 e. The number of nitrogens with zero attached hydrogens (tertiary/aromatic N) is 3. The number of aryl methyl sites for hydroxylation is 1. The number of carbonyl (C=O) groups excluding carboxylic acids is 1. The van der Waals surface area contributed by atoms with E-state index in [2.05, 4.69) is 28.0 Å². The zero-order valence-corrected chi connectivity index (χ0v) is 17.7. The first-order valence-corrected chi connectivity index (χ1v) is 10.5. The van der Waals surface area contributed by atoms with Gasteiger partial charge < -0.3 is 14.8 Å². The third-order valence-corrected chi connectivity index (χ3v) is 6.05. The quantitative estimate of drug-likeness (QED) is 0.673. The number of carbonyl (C=O) groups is 1. The topological polar surface area (TPSA) is 52.2 Å². The minimum Gasteiger partial charge on any atom is -0.349 e. The van der Waals surface area contributed by atoms with Crippen molar-refractivity contribution in [2.75, 3.05) is 26.7 Å². The van der Waals surface area contributed by atoms with E-state index in [-0.39, 0.29) is 5.91 Å². The average Bonchev–Trinajstić information content (AvgIpc) is 3.04. The van der Waals surface area contributed by atoms with Gasteiger partial charge in [-0.05, 0) is 56.5 Å². The van der Waals surface area contributed by atoms with E-state index in [0.29, 0.717) is 16.6 Å². The number of hydrogen-bond donors (Lipinski definition) is 1. The molecular weight excluding hydrogens is 384 g/mol. The Hall–Kier alpha value is -2.37. The van der Waals surface area contributed by atoms with E-state index in [9.17, 15) is 4.79 Å². The summed E-state index contributed by atoms with van der Waals surface area (Å²) in [5.74, 6) is 0.461. The molecule has 2 aromatic heterocycles. The molecule has 5 nitrogen and oxygen atoms in total. The van der Waals surface area contributed by atoms with Gasteiger partial charge in [0.1, 0.15) is 5.69 Å². The largest absolute Gasteiger partial charge is 0.349 e. The van der Waals surface area contributed by atoms with Gasteiger partial charge in [0.15, 0.2) is 0 Å². The number of fused-ring (bicyclic) bond motifs is 1. The fourth-order valence-electron chi connectivity index (χ4n) is 4.29. The summed E-state index contributed by atoms with van der Waals surface area (Å²) in [6.07, 6.45) is 5.87. The molecule has 1 aliphatic rings. The van der Waals surface area contributed by atoms with Gasteiger partial charge in [0.2, 0.25) is 0 Å². The molecule has 1 N–H and O–H groups in total. The Morgan fingerprint density at radius 2 is 2.24 bits per heavy atom. The minimum absolute atomic E-state index is 0.00321. The van der Waals surface area contributed by atoms with Gasteiger partial charge in [0, 0.05) is 49.5 Å². The molecule has 1 saturated heterocycles. The van der Waals surface area contributed by atoms with Crippen molar-refractivity contribution in [1.29, 1.82) is 0 Å². The van der Waals surface area contributed by atoms with Gasteiger partial charge in [-0.1, -0.05) is 29.3 Å². The molecule has 1 aromatic carbocycles. The number of nitrogens with one attached hydrogen (secondary N) is 1. The number of amides is 1. The predicted molar refractivity (Wildman–Crippen MR) is 117 cm³/mol. The summed E-state index contributed by atoms with van der Waals surface area (Å²) in [5.41, 5.74) is 3.76. The highest BCUT2D eigenvalue weighted by Crippen LogP contribution is 2.30. The second-order valence-corrected chi connectivity index (χ2v) is 8.56. The third-order valence-electron chi connectivity index (χ3n) is 5.66. The fraction of sp³-hybridized carbons (Fsp3) is 0.391. The van der Waals surface area contributed by atoms with Crippen LogP contribution in [0, 0.1) is 12.8 Å². The predicted octanol–water partition coefficient (Wildman–Crippen LogP) is 4.51. The van der Waals surface area contributed by atoms with Crippen molar-refractivity contribution >= 4 is 28.4 Å². The SMILES string of the molecule is Cc1ccc2[nH]c(C(=O)N3CCCC(CN(C)Cc4cccnc4)C3)c(Cl)c2c1. The van der Waals surface area contributed by atoms with Crippen LogP contribution in [0.1, 0.15) is 34.5 Å². The van der Waals surface area contributed by atoms with Gasteiger partial charge in [-0.2, -0.15) is 0 Å². The van der Waals surface area contributed by atoms with E-state index in [0.717, 1.165) is 55.5 Å². The first-order valence-electron chi connectivity index (χ1n) is 10.2. The number of aromatic nitrogens is 2. The summed E-state index contributed by atoms with van der Waals surface area (Å²) < 4.78 is 0. The van der Waals surface area contributed by atoms with E-state index in [1.54, 1.807) is 6.20 Å². The number of H-pyrrole nitrogens is 1. The van der Waals surface area contributed by atoms with Crippen LogP contribution in [-0.2, 0) is 6.54 Å². The zero-order valence-electron chi connectivity index (χ0n) is 17.0. The van der Waals surface area contributed by atoms with Crippen molar-refractivity contribution in [2.24, 2.45) is 5.92 Å². The molecule has 0 spiro atoms. The van der Waals surface area contributed by atoms with Crippen LogP contribution >= 0.6 is 11.6 Å². The van der Waals surface area contributed by atoms with E-state index in [4.69, 9.17) is 11.6 Å². The molecule has 0 bridgehead atoms. The molecule has 0 aliphatic carbocycles. The highest BCUT2D eigenvalue weighted by Gasteiger charge is 2.28. The van der Waals surface area contributed by atoms with Crippen LogP contribution in [0.15, 0.2) is 42.7 Å². The van der Waals surface area contributed by atoms with Crippen LogP contribution in [0.25, 0.3) is 10.9 Å². The van der Waals surface area contributed by atoms with Crippen molar-refractivity contribution in [3.8, 4) is 0 Å². The molecule has 4 rings (SSSR count). The molecule has 0 saturated carbocycles. The van der Waals surface area contributed by atoms with E-state index >= 15 is 0 Å². The number of piperidine rings is 1. The first kappa shape index (κ1) is 19.9. The molecule has 1 atom stereocenters. The minimum atomic E-state index is 0.00321. The van der Waals surface area contributed by atoms with E-state index in [1.165, 1.54) is 5.56 Å². The summed E-state index contributed by atoms with van der Waals surface area (Å²) >= 11 is 6.56. The lowest BCUT2D eigenvalue weighted by molar-refractivity contribution is 0.0641. The summed E-state index contributed by atoms with van der Waals surface area (Å²) in [7, 11) is 2.13. The Kier molecular flexibility index (Phi) is 5.88. The van der Waals surface area contributed by atoms with Crippen molar-refractivity contribution in [3.63, 3.8) is 0 Å². The molecule has 1 aliphatic heterocycles. The van der Waals surface area contributed by atoms with Gasteiger partial charge in [-0.25, -0.2) is 0 Å². The van der Waals surface area contributed by atoms with E-state index < -0.39 is 0 Å². The Balaban J connectivity index is 1.43. The van der Waals surface area contributed by atoms with Gasteiger partial charge in [-0.15, -0.1) is 0 Å². The molecule has 6 heteroatoms. The summed E-state index contributed by atoms with van der Waals surface area (Å²) in [6.45, 7) is 5.40. The van der Waals surface area contributed by atoms with Crippen LogP contribution in [-0.4, -0.2) is 52.4 Å². The number of rotatable bonds is 5. The van der Waals surface area contributed by atoms with Gasteiger partial charge in [0.25, 0.3) is 5.91 Å². The highest BCUT2D eigenvalue weighted by molar-refractivity contribution is 6.38. The molecule has 3 heterocycles. The second-order valence-electron chi connectivity index (χ2n) is 8.18. The Morgan fingerprint density at radius 3 is 3.03 bits per heavy atom. The summed E-state index contributed by atoms with van der Waals surface area (Å²) in [6, 6.07) is 10.1. The van der Waals surface area contributed by atoms with Gasteiger partial charge >= 0.3 is 0 Å². The third kappa shape index (κ3) is 4.46. The van der Waals surface area contributed by atoms with Crippen LogP contribution in [0.2, 0.25) is 5.02 Å². The van der Waals surface area contributed by atoms with Gasteiger partial charge in [-0.3, -0.25) is 9.78 Å². The second kappa shape index (κ2) is 8.56. The Labute approximate surface area is 176 Å². The van der Waals surface area contributed by atoms with Crippen LogP contribution in [0.3, 0.4) is 0 Å². The molecule has 1 amide bonds. The lowest BCUT2D eigenvalue weighted by atomic mass is 9.97. The number of benzene rings is 1. The lowest BCUT2D eigenvalue weighted by Gasteiger charge is -2.34. The molecule has 1 fully saturated rings. The van der Waals surface area contributed by atoms with E-state index in [1.807, 2.05) is 42.3 Å². The number of hydrogen-bond acceptors (Lipinski definition) is 3. The number of pyridine rings is 1. The molecule has 3 aromatic rings. The zero-order chi connectivity index (χ0) is 20.4. The van der Waals surface area contributed by atoms with Crippen LogP contribution in [0.5, 0.6) is 0 Å². The summed E-state index contributed by atoms with van der Waals surface area (Å²) in [5, 5.41) is 1.45. The molecule has 152 valence electrons. The van der Waals surface area contributed by atoms with Crippen LogP contribution in [0.4, 0.5) is 0 Å². The maximum absolute atomic E-state index is 13.2. The summed E-state index contributed by atoms with van der Waals surface area (Å²) in [4.78, 5) is 24.9. The maximum atomic E-state index is 13.2. The smallest absolute Gasteiger partial charge is 0.271 e. The Morgan fingerprint density at radius 1 is 1.38 bits per heavy atom. The molecule has 29 heavy (non-hydrogen) atoms. The van der Waals surface area contributed by atoms with Crippen LogP contribution < -0.4 is 0 Å². The molecule has 1 unspecified atom stereocenters. The fourth-order valence-corrected chi connectivity index (χ4v) is 4.57. The van der Waals surface area contributed by atoms with Crippen molar-refractivity contribution in [3.05, 3.63) is 64.6 Å². The highest BCUT2D eigenvalue weighted by atomic mass is 35.5. The monoisotopic (exact) mass is 410 g/mol. The Bertz CT molecular complexity index is 1000. The van der Waals surface area contributed by atoms with Gasteiger partial charge in [0.05, 0.1) is 5.02 Å². The normalized spacial score (nSPS) is 17.2. The standard InChI is InChI=1S/C23H27ClN4O/c1-16-7-8-20-19(11-16)21(24)22(26-20)23(29)28-10-4-6-18(15-28)14-27(2)13-17-5-3-9-25-12-17/h3,5,7-9,11-12,18,26H,4,6,10,13-15H2,1-2H3. The van der Waals surface area contributed by atoms with Crippen molar-refractivity contribution in [2.45, 2.75) is 26.3 Å². The van der Waals surface area contributed by atoms with Crippen molar-refractivity contribution in [1.82, 2.24) is 19.8 Å². The number of likely N-dealkylation sites (tertiary alicyclic amines) is 1. The number of halogens is 1. The average molecular weight is 411 g/mol. The lowest BCUT2D eigenvalue weighted by Crippen LogP contribution is -2.43.